The molecule has 2 rings (SSSR count). The van der Waals surface area contributed by atoms with Gasteiger partial charge in [-0.2, -0.15) is 8.78 Å². The molecule has 106 valence electrons. The van der Waals surface area contributed by atoms with Gasteiger partial charge in [0.05, 0.1) is 6.04 Å². The quantitative estimate of drug-likeness (QED) is 0.937. The van der Waals surface area contributed by atoms with Crippen LogP contribution in [-0.2, 0) is 0 Å². The van der Waals surface area contributed by atoms with E-state index in [0.29, 0.717) is 5.56 Å². The largest absolute Gasteiger partial charge is 0.434 e. The van der Waals surface area contributed by atoms with Crippen molar-refractivity contribution in [2.75, 3.05) is 0 Å². The van der Waals surface area contributed by atoms with Gasteiger partial charge in [-0.1, -0.05) is 18.2 Å². The molecule has 1 aromatic carbocycles. The lowest BCUT2D eigenvalue weighted by Crippen LogP contribution is -2.30. The van der Waals surface area contributed by atoms with E-state index in [1.807, 2.05) is 0 Å². The Bertz CT molecular complexity index is 573. The van der Waals surface area contributed by atoms with Gasteiger partial charge in [-0.05, 0) is 13.0 Å². The molecule has 1 aromatic heterocycles. The van der Waals surface area contributed by atoms with Crippen molar-refractivity contribution in [3.05, 3.63) is 48.5 Å². The van der Waals surface area contributed by atoms with Crippen molar-refractivity contribution < 1.29 is 18.3 Å². The van der Waals surface area contributed by atoms with Crippen LogP contribution in [0.2, 0.25) is 0 Å². The minimum Gasteiger partial charge on any atom is -0.434 e. The van der Waals surface area contributed by atoms with E-state index in [1.54, 1.807) is 25.1 Å². The molecule has 0 aliphatic rings. The third-order valence-corrected chi connectivity index (χ3v) is 2.68. The number of halogens is 2. The van der Waals surface area contributed by atoms with E-state index in [4.69, 9.17) is 0 Å². The van der Waals surface area contributed by atoms with Gasteiger partial charge in [-0.25, -0.2) is 9.78 Å². The number of nitrogens with one attached hydrogen (secondary N) is 1. The average Bonchev–Trinajstić information content (AvgIpc) is 2.92. The average molecular weight is 281 g/mol. The SMILES string of the molecule is CC(NC(=O)n1ccnc1)c1ccccc1OC(F)F. The number of hydrogen-bond donors (Lipinski definition) is 1. The first-order valence-corrected chi connectivity index (χ1v) is 5.90. The number of alkyl halides is 2. The third-order valence-electron chi connectivity index (χ3n) is 2.68. The van der Waals surface area contributed by atoms with Crippen molar-refractivity contribution in [3.8, 4) is 5.75 Å². The minimum atomic E-state index is -2.91. The standard InChI is InChI=1S/C13H13F2N3O2/c1-9(17-13(19)18-7-6-16-8-18)10-4-2-3-5-11(10)20-12(14)15/h2-9,12H,1H3,(H,17,19). The molecule has 1 heterocycles. The van der Waals surface area contributed by atoms with Crippen LogP contribution in [0.15, 0.2) is 43.0 Å². The molecule has 0 fully saturated rings. The van der Waals surface area contributed by atoms with Gasteiger partial charge in [0.15, 0.2) is 0 Å². The van der Waals surface area contributed by atoms with Crippen molar-refractivity contribution in [3.63, 3.8) is 0 Å². The van der Waals surface area contributed by atoms with Crippen LogP contribution in [0.4, 0.5) is 13.6 Å². The van der Waals surface area contributed by atoms with Crippen molar-refractivity contribution in [2.24, 2.45) is 0 Å². The molecule has 0 spiro atoms. The number of imidazole rings is 1. The molecule has 2 aromatic rings. The van der Waals surface area contributed by atoms with Crippen molar-refractivity contribution in [1.82, 2.24) is 14.9 Å². The summed E-state index contributed by atoms with van der Waals surface area (Å²) in [6.07, 6.45) is 4.31. The van der Waals surface area contributed by atoms with Crippen LogP contribution in [-0.4, -0.2) is 22.2 Å². The molecule has 0 saturated carbocycles. The Morgan fingerprint density at radius 2 is 2.15 bits per heavy atom. The van der Waals surface area contributed by atoms with Crippen molar-refractivity contribution in [2.45, 2.75) is 19.6 Å². The normalized spacial score (nSPS) is 12.2. The predicted molar refractivity (Wildman–Crippen MR) is 67.6 cm³/mol. The van der Waals surface area contributed by atoms with E-state index in [-0.39, 0.29) is 5.75 Å². The Kier molecular flexibility index (Phi) is 4.29. The van der Waals surface area contributed by atoms with Crippen LogP contribution in [0, 0.1) is 0 Å². The fourth-order valence-electron chi connectivity index (χ4n) is 1.76. The van der Waals surface area contributed by atoms with Crippen LogP contribution in [0.1, 0.15) is 18.5 Å². The Labute approximate surface area is 114 Å². The van der Waals surface area contributed by atoms with Gasteiger partial charge in [0, 0.05) is 18.0 Å². The lowest BCUT2D eigenvalue weighted by atomic mass is 10.1. The van der Waals surface area contributed by atoms with E-state index in [2.05, 4.69) is 15.0 Å². The highest BCUT2D eigenvalue weighted by atomic mass is 19.3. The van der Waals surface area contributed by atoms with Gasteiger partial charge < -0.3 is 10.1 Å². The van der Waals surface area contributed by atoms with E-state index in [0.717, 1.165) is 0 Å². The minimum absolute atomic E-state index is 0.0425. The first-order valence-electron chi connectivity index (χ1n) is 5.90. The van der Waals surface area contributed by atoms with E-state index >= 15 is 0 Å². The molecule has 0 aliphatic heterocycles. The van der Waals surface area contributed by atoms with Crippen LogP contribution in [0.5, 0.6) is 5.75 Å². The number of carbonyl (C=O) groups is 1. The lowest BCUT2D eigenvalue weighted by Gasteiger charge is -2.18. The first kappa shape index (κ1) is 14.0. The summed E-state index contributed by atoms with van der Waals surface area (Å²) < 4.78 is 30.3. The van der Waals surface area contributed by atoms with Gasteiger partial charge >= 0.3 is 12.6 Å². The molecule has 0 radical (unpaired) electrons. The maximum atomic E-state index is 12.3. The molecule has 1 N–H and O–H groups in total. The van der Waals surface area contributed by atoms with Gasteiger partial charge in [0.25, 0.3) is 0 Å². The molecule has 0 bridgehead atoms. The fourth-order valence-corrected chi connectivity index (χ4v) is 1.76. The van der Waals surface area contributed by atoms with Crippen LogP contribution in [0.25, 0.3) is 0 Å². The summed E-state index contributed by atoms with van der Waals surface area (Å²) in [5.74, 6) is 0.0425. The van der Waals surface area contributed by atoms with Crippen LogP contribution < -0.4 is 10.1 Å². The van der Waals surface area contributed by atoms with Crippen molar-refractivity contribution >= 4 is 6.03 Å². The molecule has 5 nitrogen and oxygen atoms in total. The third kappa shape index (κ3) is 3.31. The number of hydrogen-bond acceptors (Lipinski definition) is 3. The molecule has 20 heavy (non-hydrogen) atoms. The number of para-hydroxylation sites is 1. The van der Waals surface area contributed by atoms with Gasteiger partial charge in [0.1, 0.15) is 12.1 Å². The Morgan fingerprint density at radius 1 is 1.40 bits per heavy atom. The second kappa shape index (κ2) is 6.14. The number of aromatic nitrogens is 2. The number of benzene rings is 1. The molecule has 7 heteroatoms. The van der Waals surface area contributed by atoms with Crippen LogP contribution in [0.3, 0.4) is 0 Å². The second-order valence-corrected chi connectivity index (χ2v) is 4.06. The molecular weight excluding hydrogens is 268 g/mol. The summed E-state index contributed by atoms with van der Waals surface area (Å²) in [6.45, 7) is -1.23. The van der Waals surface area contributed by atoms with Crippen molar-refractivity contribution in [1.29, 1.82) is 0 Å². The topological polar surface area (TPSA) is 56.2 Å². The first-order chi connectivity index (χ1) is 9.58. The number of carbonyl (C=O) groups excluding carboxylic acids is 1. The fraction of sp³-hybridized carbons (Fsp3) is 0.231. The predicted octanol–water partition coefficient (Wildman–Crippen LogP) is 2.80. The van der Waals surface area contributed by atoms with Gasteiger partial charge in [0.2, 0.25) is 0 Å². The van der Waals surface area contributed by atoms with E-state index in [9.17, 15) is 13.6 Å². The van der Waals surface area contributed by atoms with Gasteiger partial charge in [-0.3, -0.25) is 4.57 Å². The van der Waals surface area contributed by atoms with E-state index in [1.165, 1.54) is 29.4 Å². The number of rotatable bonds is 4. The Hall–Kier alpha value is -2.44. The summed E-state index contributed by atoms with van der Waals surface area (Å²) in [4.78, 5) is 15.6. The molecule has 1 amide bonds. The highest BCUT2D eigenvalue weighted by molar-refractivity contribution is 5.76. The maximum absolute atomic E-state index is 12.3. The summed E-state index contributed by atoms with van der Waals surface area (Å²) in [7, 11) is 0. The summed E-state index contributed by atoms with van der Waals surface area (Å²) in [5.41, 5.74) is 0.473. The second-order valence-electron chi connectivity index (χ2n) is 4.06. The molecule has 0 saturated heterocycles. The molecular formula is C13H13F2N3O2. The summed E-state index contributed by atoms with van der Waals surface area (Å²) >= 11 is 0. The molecule has 1 atom stereocenters. The Balaban J connectivity index is 2.13. The molecule has 1 unspecified atom stereocenters. The van der Waals surface area contributed by atoms with Gasteiger partial charge in [-0.15, -0.1) is 0 Å². The lowest BCUT2D eigenvalue weighted by molar-refractivity contribution is -0.0506. The Morgan fingerprint density at radius 3 is 2.80 bits per heavy atom. The zero-order chi connectivity index (χ0) is 14.5. The number of amides is 1. The van der Waals surface area contributed by atoms with Crippen LogP contribution >= 0.6 is 0 Å². The van der Waals surface area contributed by atoms with E-state index < -0.39 is 18.7 Å². The smallest absolute Gasteiger partial charge is 0.387 e. The maximum Gasteiger partial charge on any atom is 0.387 e. The zero-order valence-corrected chi connectivity index (χ0v) is 10.7. The number of ether oxygens (including phenoxy) is 1. The molecule has 0 aliphatic carbocycles. The number of nitrogens with zero attached hydrogens (tertiary/aromatic N) is 2. The monoisotopic (exact) mass is 281 g/mol. The summed E-state index contributed by atoms with van der Waals surface area (Å²) in [6, 6.07) is 5.44. The highest BCUT2D eigenvalue weighted by Gasteiger charge is 2.16. The zero-order valence-electron chi connectivity index (χ0n) is 10.7. The summed E-state index contributed by atoms with van der Waals surface area (Å²) in [5, 5.41) is 2.67. The highest BCUT2D eigenvalue weighted by Crippen LogP contribution is 2.26.